The number of aliphatic carboxylic acids is 1. The summed E-state index contributed by atoms with van der Waals surface area (Å²) in [5.41, 5.74) is 1.15. The lowest BCUT2D eigenvalue weighted by molar-refractivity contribution is -0.385. The zero-order chi connectivity index (χ0) is 13.0. The summed E-state index contributed by atoms with van der Waals surface area (Å²) in [6.07, 6.45) is -0.102. The second-order valence-electron chi connectivity index (χ2n) is 3.65. The largest absolute Gasteiger partial charge is 0.493 e. The molecule has 0 saturated carbocycles. The molecule has 0 spiro atoms. The van der Waals surface area contributed by atoms with Gasteiger partial charge >= 0.3 is 5.97 Å². The quantitative estimate of drug-likeness (QED) is 0.627. The number of ether oxygens (including phenoxy) is 1. The third kappa shape index (κ3) is 3.44. The molecule has 1 rings (SSSR count). The monoisotopic (exact) mass is 239 g/mol. The number of nitro groups is 1. The topological polar surface area (TPSA) is 89.7 Å². The maximum absolute atomic E-state index is 10.7. The van der Waals surface area contributed by atoms with Crippen molar-refractivity contribution >= 4 is 11.7 Å². The van der Waals surface area contributed by atoms with Crippen molar-refractivity contribution in [2.75, 3.05) is 6.61 Å². The first-order chi connectivity index (χ1) is 7.91. The fourth-order valence-electron chi connectivity index (χ4n) is 1.37. The van der Waals surface area contributed by atoms with Crippen LogP contribution in [0.5, 0.6) is 5.75 Å². The highest BCUT2D eigenvalue weighted by Crippen LogP contribution is 2.27. The molecular formula is C11H13NO5. The average Bonchev–Trinajstić information content (AvgIpc) is 2.21. The van der Waals surface area contributed by atoms with Gasteiger partial charge in [-0.1, -0.05) is 0 Å². The summed E-state index contributed by atoms with van der Waals surface area (Å²) in [7, 11) is 0. The first-order valence-corrected chi connectivity index (χ1v) is 5.02. The molecule has 6 heteroatoms. The molecule has 1 N–H and O–H groups in total. The van der Waals surface area contributed by atoms with Crippen molar-refractivity contribution in [2.24, 2.45) is 0 Å². The van der Waals surface area contributed by atoms with Crippen molar-refractivity contribution in [1.82, 2.24) is 0 Å². The normalized spacial score (nSPS) is 10.0. The van der Waals surface area contributed by atoms with Gasteiger partial charge in [0.15, 0.2) is 0 Å². The molecule has 0 aliphatic rings. The summed E-state index contributed by atoms with van der Waals surface area (Å²) in [6.45, 7) is 3.34. The van der Waals surface area contributed by atoms with E-state index in [1.54, 1.807) is 19.9 Å². The first-order valence-electron chi connectivity index (χ1n) is 5.02. The number of hydrogen-bond acceptors (Lipinski definition) is 4. The number of hydrogen-bond donors (Lipinski definition) is 1. The van der Waals surface area contributed by atoms with E-state index < -0.39 is 10.9 Å². The Hall–Kier alpha value is -2.11. The van der Waals surface area contributed by atoms with E-state index in [1.165, 1.54) is 6.07 Å². The smallest absolute Gasteiger partial charge is 0.306 e. The average molecular weight is 239 g/mol. The van der Waals surface area contributed by atoms with E-state index in [9.17, 15) is 14.9 Å². The molecular weight excluding hydrogens is 226 g/mol. The lowest BCUT2D eigenvalue weighted by Gasteiger charge is -2.09. The summed E-state index contributed by atoms with van der Waals surface area (Å²) < 4.78 is 5.26. The van der Waals surface area contributed by atoms with Crippen LogP contribution >= 0.6 is 0 Å². The lowest BCUT2D eigenvalue weighted by atomic mass is 10.1. The molecule has 0 unspecified atom stereocenters. The van der Waals surface area contributed by atoms with Crippen molar-refractivity contribution < 1.29 is 19.6 Å². The molecule has 0 aliphatic heterocycles. The number of rotatable bonds is 5. The summed E-state index contributed by atoms with van der Waals surface area (Å²) in [6, 6.07) is 2.97. The number of nitrogens with zero attached hydrogens (tertiary/aromatic N) is 1. The fraction of sp³-hybridized carbons (Fsp3) is 0.364. The molecule has 0 saturated heterocycles. The zero-order valence-corrected chi connectivity index (χ0v) is 9.60. The second kappa shape index (κ2) is 5.29. The van der Waals surface area contributed by atoms with E-state index in [2.05, 4.69) is 0 Å². The Kier molecular flexibility index (Phi) is 4.03. The van der Waals surface area contributed by atoms with Gasteiger partial charge in [-0.25, -0.2) is 0 Å². The second-order valence-corrected chi connectivity index (χ2v) is 3.65. The highest BCUT2D eigenvalue weighted by molar-refractivity contribution is 5.66. The Balaban J connectivity index is 2.84. The van der Waals surface area contributed by atoms with Crippen molar-refractivity contribution in [3.05, 3.63) is 33.4 Å². The maximum atomic E-state index is 10.7. The zero-order valence-electron chi connectivity index (χ0n) is 9.60. The molecule has 1 aromatic carbocycles. The third-order valence-electron chi connectivity index (χ3n) is 2.26. The van der Waals surface area contributed by atoms with Gasteiger partial charge in [-0.15, -0.1) is 0 Å². The van der Waals surface area contributed by atoms with Crippen LogP contribution < -0.4 is 4.74 Å². The van der Waals surface area contributed by atoms with Crippen LogP contribution in [-0.2, 0) is 4.79 Å². The Morgan fingerprint density at radius 3 is 2.59 bits per heavy atom. The van der Waals surface area contributed by atoms with E-state index in [1.807, 2.05) is 0 Å². The summed E-state index contributed by atoms with van der Waals surface area (Å²) in [5, 5.41) is 19.1. The fourth-order valence-corrected chi connectivity index (χ4v) is 1.37. The first kappa shape index (κ1) is 13.0. The SMILES string of the molecule is Cc1cc([N+](=O)[O-])c(C)cc1OCCC(=O)O. The summed E-state index contributed by atoms with van der Waals surface area (Å²) >= 11 is 0. The van der Waals surface area contributed by atoms with Crippen molar-refractivity contribution in [3.8, 4) is 5.75 Å². The molecule has 0 aromatic heterocycles. The molecule has 17 heavy (non-hydrogen) atoms. The standard InChI is InChI=1S/C11H13NO5/c1-7-6-10(17-4-3-11(13)14)8(2)5-9(7)12(15)16/h5-6H,3-4H2,1-2H3,(H,13,14). The van der Waals surface area contributed by atoms with Crippen LogP contribution in [0.15, 0.2) is 12.1 Å². The minimum Gasteiger partial charge on any atom is -0.493 e. The van der Waals surface area contributed by atoms with Crippen molar-refractivity contribution in [1.29, 1.82) is 0 Å². The molecule has 0 atom stereocenters. The van der Waals surface area contributed by atoms with Gasteiger partial charge in [0, 0.05) is 11.6 Å². The van der Waals surface area contributed by atoms with E-state index in [-0.39, 0.29) is 18.7 Å². The highest BCUT2D eigenvalue weighted by Gasteiger charge is 2.14. The summed E-state index contributed by atoms with van der Waals surface area (Å²) in [4.78, 5) is 20.5. The van der Waals surface area contributed by atoms with E-state index in [0.717, 1.165) is 0 Å². The van der Waals surface area contributed by atoms with Gasteiger partial charge in [0.1, 0.15) is 5.75 Å². The van der Waals surface area contributed by atoms with E-state index in [4.69, 9.17) is 9.84 Å². The summed E-state index contributed by atoms with van der Waals surface area (Å²) in [5.74, 6) is -0.462. The number of carboxylic acids is 1. The van der Waals surface area contributed by atoms with Gasteiger partial charge in [-0.2, -0.15) is 0 Å². The molecule has 0 amide bonds. The van der Waals surface area contributed by atoms with Crippen LogP contribution in [0.2, 0.25) is 0 Å². The Labute approximate surface area is 98.0 Å². The lowest BCUT2D eigenvalue weighted by Crippen LogP contribution is -2.06. The molecule has 0 bridgehead atoms. The maximum Gasteiger partial charge on any atom is 0.306 e. The van der Waals surface area contributed by atoms with Crippen LogP contribution in [0.25, 0.3) is 0 Å². The molecule has 0 aliphatic carbocycles. The number of carboxylic acid groups (broad SMARTS) is 1. The molecule has 6 nitrogen and oxygen atoms in total. The van der Waals surface area contributed by atoms with Crippen LogP contribution in [0.1, 0.15) is 17.5 Å². The number of benzene rings is 1. The Morgan fingerprint density at radius 1 is 1.41 bits per heavy atom. The van der Waals surface area contributed by atoms with Gasteiger partial charge in [0.25, 0.3) is 5.69 Å². The van der Waals surface area contributed by atoms with Crippen LogP contribution in [-0.4, -0.2) is 22.6 Å². The molecule has 0 heterocycles. The van der Waals surface area contributed by atoms with Crippen molar-refractivity contribution in [3.63, 3.8) is 0 Å². The highest BCUT2D eigenvalue weighted by atomic mass is 16.6. The number of carbonyl (C=O) groups is 1. The van der Waals surface area contributed by atoms with Crippen LogP contribution in [0.3, 0.4) is 0 Å². The van der Waals surface area contributed by atoms with Crippen molar-refractivity contribution in [2.45, 2.75) is 20.3 Å². The minimum absolute atomic E-state index is 0.0353. The van der Waals surface area contributed by atoms with Gasteiger partial charge in [-0.3, -0.25) is 14.9 Å². The van der Waals surface area contributed by atoms with Crippen LogP contribution in [0, 0.1) is 24.0 Å². The van der Waals surface area contributed by atoms with Gasteiger partial charge in [0.2, 0.25) is 0 Å². The van der Waals surface area contributed by atoms with Gasteiger partial charge in [0.05, 0.1) is 18.0 Å². The number of aryl methyl sites for hydroxylation is 2. The third-order valence-corrected chi connectivity index (χ3v) is 2.26. The molecule has 1 aromatic rings. The predicted molar refractivity (Wildman–Crippen MR) is 60.3 cm³/mol. The van der Waals surface area contributed by atoms with Gasteiger partial charge < -0.3 is 9.84 Å². The Bertz CT molecular complexity index is 455. The number of nitro benzene ring substituents is 1. The Morgan fingerprint density at radius 2 is 2.06 bits per heavy atom. The molecule has 0 fully saturated rings. The molecule has 92 valence electrons. The molecule has 0 radical (unpaired) electrons. The van der Waals surface area contributed by atoms with E-state index in [0.29, 0.717) is 16.9 Å². The predicted octanol–water partition coefficient (Wildman–Crippen LogP) is 2.07. The minimum atomic E-state index is -0.943. The van der Waals surface area contributed by atoms with Crippen LogP contribution in [0.4, 0.5) is 5.69 Å². The van der Waals surface area contributed by atoms with E-state index >= 15 is 0 Å². The van der Waals surface area contributed by atoms with Gasteiger partial charge in [-0.05, 0) is 25.5 Å².